The van der Waals surface area contributed by atoms with Crippen molar-refractivity contribution in [1.29, 1.82) is 0 Å². The Hall–Kier alpha value is -1.84. The normalized spacial score (nSPS) is 11.8. The second-order valence-corrected chi connectivity index (χ2v) is 5.74. The summed E-state index contributed by atoms with van der Waals surface area (Å²) in [6.07, 6.45) is 4.43. The quantitative estimate of drug-likeness (QED) is 0.725. The molecule has 0 saturated heterocycles. The Morgan fingerprint density at radius 1 is 1.09 bits per heavy atom. The topological polar surface area (TPSA) is 58.2 Å². The summed E-state index contributed by atoms with van der Waals surface area (Å²) in [7, 11) is 0. The van der Waals surface area contributed by atoms with Crippen molar-refractivity contribution >= 4 is 11.8 Å². The third-order valence-corrected chi connectivity index (χ3v) is 4.00. The van der Waals surface area contributed by atoms with Crippen LogP contribution in [0.3, 0.4) is 0 Å². The van der Waals surface area contributed by atoms with Crippen molar-refractivity contribution in [2.75, 3.05) is 6.54 Å². The molecule has 1 atom stereocenters. The van der Waals surface area contributed by atoms with Crippen molar-refractivity contribution in [2.45, 2.75) is 53.0 Å². The van der Waals surface area contributed by atoms with Gasteiger partial charge in [-0.1, -0.05) is 57.4 Å². The van der Waals surface area contributed by atoms with Crippen LogP contribution in [0.2, 0.25) is 0 Å². The van der Waals surface area contributed by atoms with Gasteiger partial charge < -0.3 is 10.6 Å². The summed E-state index contributed by atoms with van der Waals surface area (Å²) in [6.45, 7) is 7.22. The number of hydrogen-bond acceptors (Lipinski definition) is 2. The van der Waals surface area contributed by atoms with Crippen LogP contribution in [0.4, 0.5) is 0 Å². The maximum atomic E-state index is 11.8. The van der Waals surface area contributed by atoms with Crippen molar-refractivity contribution in [1.82, 2.24) is 10.6 Å². The van der Waals surface area contributed by atoms with E-state index in [1.54, 1.807) is 0 Å². The van der Waals surface area contributed by atoms with Crippen LogP contribution in [0, 0.1) is 12.8 Å². The van der Waals surface area contributed by atoms with E-state index in [4.69, 9.17) is 0 Å². The van der Waals surface area contributed by atoms with E-state index in [2.05, 4.69) is 24.5 Å². The Balaban J connectivity index is 2.36. The molecule has 1 rings (SSSR count). The minimum Gasteiger partial charge on any atom is -0.348 e. The van der Waals surface area contributed by atoms with Crippen LogP contribution in [-0.4, -0.2) is 18.4 Å². The molecule has 4 nitrogen and oxygen atoms in total. The number of rotatable bonds is 8. The lowest BCUT2D eigenvalue weighted by molar-refractivity contribution is -0.139. The van der Waals surface area contributed by atoms with Gasteiger partial charge in [-0.05, 0) is 30.4 Å². The van der Waals surface area contributed by atoms with Gasteiger partial charge >= 0.3 is 11.8 Å². The Morgan fingerprint density at radius 3 is 2.41 bits per heavy atom. The van der Waals surface area contributed by atoms with E-state index in [0.717, 1.165) is 36.8 Å². The maximum absolute atomic E-state index is 11.8. The average molecular weight is 304 g/mol. The predicted molar refractivity (Wildman–Crippen MR) is 89.3 cm³/mol. The van der Waals surface area contributed by atoms with Crippen LogP contribution in [-0.2, 0) is 16.1 Å². The van der Waals surface area contributed by atoms with Gasteiger partial charge in [0.25, 0.3) is 0 Å². The molecule has 0 aromatic heterocycles. The molecule has 0 spiro atoms. The van der Waals surface area contributed by atoms with Crippen molar-refractivity contribution in [3.05, 3.63) is 35.4 Å². The zero-order valence-corrected chi connectivity index (χ0v) is 13.9. The van der Waals surface area contributed by atoms with Gasteiger partial charge in [-0.25, -0.2) is 0 Å². The first-order valence-electron chi connectivity index (χ1n) is 8.19. The molecule has 0 radical (unpaired) electrons. The lowest BCUT2D eigenvalue weighted by atomic mass is 9.99. The Kier molecular flexibility index (Phi) is 8.26. The van der Waals surface area contributed by atoms with Crippen LogP contribution in [0.15, 0.2) is 24.3 Å². The predicted octanol–water partition coefficient (Wildman–Crippen LogP) is 2.94. The van der Waals surface area contributed by atoms with Crippen LogP contribution in [0.25, 0.3) is 0 Å². The van der Waals surface area contributed by atoms with Crippen molar-refractivity contribution in [2.24, 2.45) is 5.92 Å². The Labute approximate surface area is 133 Å². The second kappa shape index (κ2) is 9.98. The van der Waals surface area contributed by atoms with Gasteiger partial charge in [-0.3, -0.25) is 9.59 Å². The summed E-state index contributed by atoms with van der Waals surface area (Å²) < 4.78 is 0. The van der Waals surface area contributed by atoms with Crippen molar-refractivity contribution in [3.8, 4) is 0 Å². The van der Waals surface area contributed by atoms with Gasteiger partial charge in [-0.2, -0.15) is 0 Å². The van der Waals surface area contributed by atoms with Crippen molar-refractivity contribution < 1.29 is 9.59 Å². The maximum Gasteiger partial charge on any atom is 0.309 e. The first-order chi connectivity index (χ1) is 10.6. The highest BCUT2D eigenvalue weighted by molar-refractivity contribution is 6.35. The van der Waals surface area contributed by atoms with Gasteiger partial charge in [0.05, 0.1) is 0 Å². The standard InChI is InChI=1S/C18H28N2O2/c1-4-6-10-15(5-2)12-19-17(21)18(22)20-13-16-11-8-7-9-14(16)3/h7-9,11,15H,4-6,10,12-13H2,1-3H3,(H,19,21)(H,20,22)/t15-/m1/s1. The molecule has 0 unspecified atom stereocenters. The summed E-state index contributed by atoms with van der Waals surface area (Å²) in [5.74, 6) is -0.648. The molecule has 2 amide bonds. The molecular weight excluding hydrogens is 276 g/mol. The number of unbranched alkanes of at least 4 members (excludes halogenated alkanes) is 1. The molecule has 0 saturated carbocycles. The van der Waals surface area contributed by atoms with E-state index in [-0.39, 0.29) is 0 Å². The van der Waals surface area contributed by atoms with Crippen molar-refractivity contribution in [3.63, 3.8) is 0 Å². The molecule has 0 heterocycles. The fourth-order valence-electron chi connectivity index (χ4n) is 2.32. The number of carbonyl (C=O) groups excluding carboxylic acids is 2. The minimum atomic E-state index is -0.561. The lowest BCUT2D eigenvalue weighted by Gasteiger charge is -2.15. The monoisotopic (exact) mass is 304 g/mol. The number of benzene rings is 1. The summed E-state index contributed by atoms with van der Waals surface area (Å²) >= 11 is 0. The first-order valence-corrected chi connectivity index (χ1v) is 8.19. The van der Waals surface area contributed by atoms with Gasteiger partial charge in [0, 0.05) is 13.1 Å². The zero-order valence-electron chi connectivity index (χ0n) is 13.9. The van der Waals surface area contributed by atoms with Crippen LogP contribution < -0.4 is 10.6 Å². The molecule has 122 valence electrons. The van der Waals surface area contributed by atoms with Gasteiger partial charge in [0.15, 0.2) is 0 Å². The highest BCUT2D eigenvalue weighted by Gasteiger charge is 2.15. The van der Waals surface area contributed by atoms with E-state index >= 15 is 0 Å². The fraction of sp³-hybridized carbons (Fsp3) is 0.556. The summed E-state index contributed by atoms with van der Waals surface area (Å²) in [5.41, 5.74) is 2.13. The van der Waals surface area contributed by atoms with E-state index in [9.17, 15) is 9.59 Å². The molecule has 1 aromatic carbocycles. The molecule has 4 heteroatoms. The number of hydrogen-bond donors (Lipinski definition) is 2. The highest BCUT2D eigenvalue weighted by Crippen LogP contribution is 2.11. The third-order valence-electron chi connectivity index (χ3n) is 4.00. The van der Waals surface area contributed by atoms with Crippen LogP contribution in [0.5, 0.6) is 0 Å². The van der Waals surface area contributed by atoms with E-state index in [1.807, 2.05) is 31.2 Å². The number of carbonyl (C=O) groups is 2. The molecule has 0 aliphatic rings. The summed E-state index contributed by atoms with van der Waals surface area (Å²) in [5, 5.41) is 5.42. The van der Waals surface area contributed by atoms with Crippen LogP contribution >= 0.6 is 0 Å². The molecule has 2 N–H and O–H groups in total. The van der Waals surface area contributed by atoms with Gasteiger partial charge in [0.2, 0.25) is 0 Å². The van der Waals surface area contributed by atoms with E-state index in [1.165, 1.54) is 0 Å². The largest absolute Gasteiger partial charge is 0.348 e. The molecule has 0 aliphatic carbocycles. The first kappa shape index (κ1) is 18.2. The molecule has 1 aromatic rings. The number of nitrogens with one attached hydrogen (secondary N) is 2. The van der Waals surface area contributed by atoms with Crippen LogP contribution in [0.1, 0.15) is 50.7 Å². The summed E-state index contributed by atoms with van der Waals surface area (Å²) in [4.78, 5) is 23.6. The van der Waals surface area contributed by atoms with Gasteiger partial charge in [0.1, 0.15) is 0 Å². The molecular formula is C18H28N2O2. The summed E-state index contributed by atoms with van der Waals surface area (Å²) in [6, 6.07) is 7.81. The fourth-order valence-corrected chi connectivity index (χ4v) is 2.32. The molecule has 0 aliphatic heterocycles. The highest BCUT2D eigenvalue weighted by atomic mass is 16.2. The lowest BCUT2D eigenvalue weighted by Crippen LogP contribution is -2.41. The third kappa shape index (κ3) is 6.29. The Bertz CT molecular complexity index is 486. The molecule has 0 bridgehead atoms. The average Bonchev–Trinajstić information content (AvgIpc) is 2.53. The molecule has 0 fully saturated rings. The SMILES string of the molecule is CCCC[C@@H](CC)CNC(=O)C(=O)NCc1ccccc1C. The molecule has 22 heavy (non-hydrogen) atoms. The smallest absolute Gasteiger partial charge is 0.309 e. The Morgan fingerprint density at radius 2 is 1.77 bits per heavy atom. The minimum absolute atomic E-state index is 0.381. The van der Waals surface area contributed by atoms with E-state index < -0.39 is 11.8 Å². The van der Waals surface area contributed by atoms with Gasteiger partial charge in [-0.15, -0.1) is 0 Å². The number of amides is 2. The second-order valence-electron chi connectivity index (χ2n) is 5.74. The zero-order chi connectivity index (χ0) is 16.4. The van der Waals surface area contributed by atoms with E-state index in [0.29, 0.717) is 19.0 Å². The number of aryl methyl sites for hydroxylation is 1.